The molecule has 3 aromatic rings. The Hall–Kier alpha value is -3.45. The molecule has 3 N–H and O–H groups in total. The molecule has 2 aliphatic heterocycles. The van der Waals surface area contributed by atoms with Gasteiger partial charge in [0.1, 0.15) is 12.0 Å². The lowest BCUT2D eigenvalue weighted by molar-refractivity contribution is -0.137. The first-order valence-electron chi connectivity index (χ1n) is 18.6. The van der Waals surface area contributed by atoms with Crippen LogP contribution in [0.1, 0.15) is 113 Å². The highest BCUT2D eigenvalue weighted by atomic mass is 32.1. The van der Waals surface area contributed by atoms with Crippen LogP contribution in [0.25, 0.3) is 22.2 Å². The molecule has 0 radical (unpaired) electrons. The van der Waals surface area contributed by atoms with Crippen molar-refractivity contribution >= 4 is 35.5 Å². The summed E-state index contributed by atoms with van der Waals surface area (Å²) in [6.07, 6.45) is 17.9. The van der Waals surface area contributed by atoms with E-state index in [1.54, 1.807) is 11.4 Å². The van der Waals surface area contributed by atoms with Gasteiger partial charge in [0.25, 0.3) is 0 Å². The van der Waals surface area contributed by atoms with Crippen molar-refractivity contribution in [3.63, 3.8) is 0 Å². The van der Waals surface area contributed by atoms with Gasteiger partial charge < -0.3 is 25.1 Å². The topological polar surface area (TPSA) is 98.8 Å². The molecule has 2 bridgehead atoms. The lowest BCUT2D eigenvalue weighted by Gasteiger charge is -2.32. The SMILES string of the molecule is C#C.CC.CN(C)S.COc1ccc2c(c1)C[C@](C)(C(=O)N[C@@H]1OC3CCC1C3(C)C)Cn1c-2c(C2CCCCCC2)c2ccc(C(N)=O)cc21. The monoisotopic (exact) mass is 716 g/mol. The third kappa shape index (κ3) is 8.14. The molecule has 2 unspecified atom stereocenters. The first kappa shape index (κ1) is 40.3. The van der Waals surface area contributed by atoms with E-state index in [1.807, 2.05) is 46.1 Å². The van der Waals surface area contributed by atoms with Crippen LogP contribution in [-0.2, 0) is 22.5 Å². The number of rotatable bonds is 5. The summed E-state index contributed by atoms with van der Waals surface area (Å²) in [5.74, 6) is 1.08. The molecule has 2 saturated carbocycles. The van der Waals surface area contributed by atoms with Gasteiger partial charge in [-0.25, -0.2) is 0 Å². The van der Waals surface area contributed by atoms with Crippen LogP contribution < -0.4 is 15.8 Å². The Morgan fingerprint density at radius 3 is 2.20 bits per heavy atom. The highest BCUT2D eigenvalue weighted by Crippen LogP contribution is 2.53. The molecule has 9 heteroatoms. The second kappa shape index (κ2) is 16.9. The summed E-state index contributed by atoms with van der Waals surface area (Å²) in [4.78, 5) is 26.8. The van der Waals surface area contributed by atoms with Gasteiger partial charge in [-0.2, -0.15) is 0 Å². The molecular formula is C42H60N4O4S. The fourth-order valence-electron chi connectivity index (χ4n) is 8.83. The lowest BCUT2D eigenvalue weighted by atomic mass is 9.79. The summed E-state index contributed by atoms with van der Waals surface area (Å²) in [5.41, 5.74) is 11.3. The van der Waals surface area contributed by atoms with E-state index in [0.717, 1.165) is 53.5 Å². The van der Waals surface area contributed by atoms with Crippen molar-refractivity contribution in [2.45, 2.75) is 117 Å². The van der Waals surface area contributed by atoms with E-state index >= 15 is 0 Å². The normalized spacial score (nSPS) is 24.6. The van der Waals surface area contributed by atoms with Gasteiger partial charge in [0.15, 0.2) is 0 Å². The molecule has 1 saturated heterocycles. The van der Waals surface area contributed by atoms with E-state index in [2.05, 4.69) is 74.5 Å². The smallest absolute Gasteiger partial charge is 0.248 e. The van der Waals surface area contributed by atoms with Crippen molar-refractivity contribution in [2.24, 2.45) is 22.5 Å². The Labute approximate surface area is 311 Å². The van der Waals surface area contributed by atoms with E-state index in [4.69, 9.17) is 15.2 Å². The fraction of sp³-hybridized carbons (Fsp3) is 0.571. The van der Waals surface area contributed by atoms with Crippen LogP contribution >= 0.6 is 12.8 Å². The molecule has 4 atom stereocenters. The van der Waals surface area contributed by atoms with Gasteiger partial charge in [-0.15, -0.1) is 12.8 Å². The highest BCUT2D eigenvalue weighted by Gasteiger charge is 2.56. The van der Waals surface area contributed by atoms with Crippen LogP contribution in [0.5, 0.6) is 5.75 Å². The molecule has 278 valence electrons. The summed E-state index contributed by atoms with van der Waals surface area (Å²) in [6.45, 7) is 11.1. The highest BCUT2D eigenvalue weighted by molar-refractivity contribution is 7.77. The number of carbonyl (C=O) groups excluding carboxylic acids is 2. The summed E-state index contributed by atoms with van der Waals surface area (Å²) >= 11 is 3.80. The average Bonchev–Trinajstić information content (AvgIpc) is 3.47. The van der Waals surface area contributed by atoms with Crippen LogP contribution in [0.15, 0.2) is 36.4 Å². The molecular weight excluding hydrogens is 657 g/mol. The molecule has 51 heavy (non-hydrogen) atoms. The predicted octanol–water partition coefficient (Wildman–Crippen LogP) is 8.36. The number of ether oxygens (including phenoxy) is 2. The minimum Gasteiger partial charge on any atom is -0.497 e. The Bertz CT molecular complexity index is 1700. The molecule has 1 aromatic heterocycles. The molecule has 3 heterocycles. The number of amides is 2. The molecule has 3 fully saturated rings. The van der Waals surface area contributed by atoms with Crippen LogP contribution in [0.2, 0.25) is 0 Å². The summed E-state index contributed by atoms with van der Waals surface area (Å²) in [6, 6.07) is 12.2. The number of thiol groups is 1. The first-order valence-corrected chi connectivity index (χ1v) is 19.0. The first-order chi connectivity index (χ1) is 24.3. The molecule has 4 aliphatic rings. The Morgan fingerprint density at radius 1 is 1.00 bits per heavy atom. The zero-order chi connectivity index (χ0) is 37.7. The standard InChI is InChI=1S/C36H45N3O4.C2H7NS.C2H6.C2H2/c1-35(2)27-15-16-29(35)43-33(27)38-34(41)36(3)19-23-17-24(42-4)12-14-25(23)31-30(21-9-7-5-6-8-10-21)26-13-11-22(32(37)40)18-28(26)39(31)20-36;1-3(2)4;2*1-2/h11-14,17-18,21,27,29,33H,5-10,15-16,19-20H2,1-4H3,(H2,37,40)(H,38,41);4H,1-2H3;1-2H3;1-2H/t27?,29?,33-,36+;;;/m1.../s1. The Balaban J connectivity index is 0.000000673. The number of terminal acetylenes is 1. The maximum atomic E-state index is 14.4. The average molecular weight is 717 g/mol. The van der Waals surface area contributed by atoms with Crippen molar-refractivity contribution < 1.29 is 19.1 Å². The molecule has 2 aliphatic carbocycles. The number of hydrogen-bond donors (Lipinski definition) is 3. The van der Waals surface area contributed by atoms with Crippen molar-refractivity contribution in [1.29, 1.82) is 0 Å². The number of nitrogens with zero attached hydrogens (tertiary/aromatic N) is 2. The van der Waals surface area contributed by atoms with E-state index in [9.17, 15) is 9.59 Å². The molecule has 8 nitrogen and oxygen atoms in total. The van der Waals surface area contributed by atoms with Gasteiger partial charge in [-0.05, 0) is 106 Å². The number of benzene rings is 2. The number of fused-ring (bicyclic) bond motifs is 7. The maximum Gasteiger partial charge on any atom is 0.248 e. The fourth-order valence-corrected chi connectivity index (χ4v) is 8.83. The minimum absolute atomic E-state index is 0.00592. The van der Waals surface area contributed by atoms with E-state index in [0.29, 0.717) is 30.4 Å². The second-order valence-electron chi connectivity index (χ2n) is 15.3. The molecule has 2 amide bonds. The third-order valence-electron chi connectivity index (χ3n) is 11.3. The van der Waals surface area contributed by atoms with Gasteiger partial charge in [0.05, 0.1) is 24.3 Å². The minimum atomic E-state index is -0.767. The largest absolute Gasteiger partial charge is 0.497 e. The van der Waals surface area contributed by atoms with Gasteiger partial charge in [0.2, 0.25) is 11.8 Å². The quantitative estimate of drug-likeness (QED) is 0.140. The predicted molar refractivity (Wildman–Crippen MR) is 212 cm³/mol. The van der Waals surface area contributed by atoms with Gasteiger partial charge in [0, 0.05) is 34.5 Å². The zero-order valence-corrected chi connectivity index (χ0v) is 32.9. The van der Waals surface area contributed by atoms with Crippen molar-refractivity contribution in [1.82, 2.24) is 14.2 Å². The lowest BCUT2D eigenvalue weighted by Crippen LogP contribution is -2.49. The van der Waals surface area contributed by atoms with E-state index in [1.165, 1.54) is 36.9 Å². The third-order valence-corrected chi connectivity index (χ3v) is 11.3. The Kier molecular flexibility index (Phi) is 13.4. The van der Waals surface area contributed by atoms with Crippen LogP contribution in [0, 0.1) is 29.6 Å². The number of nitrogens with two attached hydrogens (primary N) is 1. The van der Waals surface area contributed by atoms with Crippen LogP contribution in [0.3, 0.4) is 0 Å². The van der Waals surface area contributed by atoms with E-state index in [-0.39, 0.29) is 23.7 Å². The van der Waals surface area contributed by atoms with Gasteiger partial charge >= 0.3 is 0 Å². The Morgan fingerprint density at radius 2 is 1.65 bits per heavy atom. The number of aromatic nitrogens is 1. The number of primary amides is 1. The number of nitrogens with one attached hydrogen (secondary N) is 1. The summed E-state index contributed by atoms with van der Waals surface area (Å²) in [7, 11) is 5.42. The van der Waals surface area contributed by atoms with Gasteiger partial charge in [-0.1, -0.05) is 72.3 Å². The van der Waals surface area contributed by atoms with Crippen LogP contribution in [-0.4, -0.2) is 54.2 Å². The summed E-state index contributed by atoms with van der Waals surface area (Å²) in [5, 5.41) is 4.53. The maximum absolute atomic E-state index is 14.4. The van der Waals surface area contributed by atoms with Gasteiger partial charge in [-0.3, -0.25) is 13.9 Å². The summed E-state index contributed by atoms with van der Waals surface area (Å²) < 4.78 is 16.1. The molecule has 7 rings (SSSR count). The number of methoxy groups -OCH3 is 1. The van der Waals surface area contributed by atoms with Crippen molar-refractivity contribution in [3.8, 4) is 29.9 Å². The molecule has 2 aromatic carbocycles. The van der Waals surface area contributed by atoms with Crippen molar-refractivity contribution in [2.75, 3.05) is 21.2 Å². The van der Waals surface area contributed by atoms with Crippen molar-refractivity contribution in [3.05, 3.63) is 53.1 Å². The number of hydrogen-bond acceptors (Lipinski definition) is 6. The second-order valence-corrected chi connectivity index (χ2v) is 16.1. The number of carbonyl (C=O) groups is 2. The van der Waals surface area contributed by atoms with Crippen LogP contribution in [0.4, 0.5) is 0 Å². The van der Waals surface area contributed by atoms with E-state index < -0.39 is 11.3 Å². The molecule has 0 spiro atoms. The zero-order valence-electron chi connectivity index (χ0n) is 32.1.